The van der Waals surface area contributed by atoms with Gasteiger partial charge in [-0.15, -0.1) is 0 Å². The summed E-state index contributed by atoms with van der Waals surface area (Å²) >= 11 is 0. The number of aliphatic hydroxyl groups is 1. The SMILES string of the molecule is OC1(c2ccc(C=C3CCN(C4CCC4)CC3)cc2)CCC(n2cccn2)CC1. The van der Waals surface area contributed by atoms with Crippen molar-refractivity contribution in [3.63, 3.8) is 0 Å². The number of piperidine rings is 1. The molecule has 0 spiro atoms. The van der Waals surface area contributed by atoms with Crippen molar-refractivity contribution < 1.29 is 5.11 Å². The lowest BCUT2D eigenvalue weighted by Crippen LogP contribution is -2.43. The molecule has 29 heavy (non-hydrogen) atoms. The van der Waals surface area contributed by atoms with E-state index < -0.39 is 5.60 Å². The Morgan fingerprint density at radius 1 is 0.966 bits per heavy atom. The molecule has 2 aromatic rings. The van der Waals surface area contributed by atoms with E-state index in [1.54, 1.807) is 5.57 Å². The molecule has 0 radical (unpaired) electrons. The molecule has 2 heterocycles. The Morgan fingerprint density at radius 3 is 2.28 bits per heavy atom. The Morgan fingerprint density at radius 2 is 1.69 bits per heavy atom. The largest absolute Gasteiger partial charge is 0.385 e. The van der Waals surface area contributed by atoms with Crippen LogP contribution < -0.4 is 0 Å². The molecule has 5 rings (SSSR count). The summed E-state index contributed by atoms with van der Waals surface area (Å²) < 4.78 is 2.05. The number of benzene rings is 1. The van der Waals surface area contributed by atoms with Crippen molar-refractivity contribution in [2.24, 2.45) is 0 Å². The van der Waals surface area contributed by atoms with Crippen LogP contribution in [0.5, 0.6) is 0 Å². The Kier molecular flexibility index (Phi) is 5.31. The zero-order valence-corrected chi connectivity index (χ0v) is 17.3. The summed E-state index contributed by atoms with van der Waals surface area (Å²) in [5.41, 5.74) is 3.23. The van der Waals surface area contributed by atoms with E-state index in [4.69, 9.17) is 0 Å². The highest BCUT2D eigenvalue weighted by atomic mass is 16.3. The minimum Gasteiger partial charge on any atom is -0.385 e. The minimum absolute atomic E-state index is 0.417. The Hall–Kier alpha value is -1.91. The monoisotopic (exact) mass is 391 g/mol. The van der Waals surface area contributed by atoms with Crippen molar-refractivity contribution >= 4 is 6.08 Å². The fourth-order valence-corrected chi connectivity index (χ4v) is 5.33. The molecule has 0 amide bonds. The molecule has 3 aliphatic rings. The van der Waals surface area contributed by atoms with Crippen LogP contribution in [0.1, 0.15) is 75.0 Å². The molecule has 2 saturated carbocycles. The minimum atomic E-state index is -0.691. The maximum atomic E-state index is 11.2. The molecule has 1 aromatic carbocycles. The van der Waals surface area contributed by atoms with Crippen LogP contribution in [0.25, 0.3) is 6.08 Å². The average molecular weight is 392 g/mol. The van der Waals surface area contributed by atoms with Crippen LogP contribution in [0.2, 0.25) is 0 Å². The topological polar surface area (TPSA) is 41.3 Å². The average Bonchev–Trinajstić information content (AvgIpc) is 3.24. The summed E-state index contributed by atoms with van der Waals surface area (Å²) in [6.45, 7) is 2.46. The van der Waals surface area contributed by atoms with Gasteiger partial charge < -0.3 is 5.11 Å². The van der Waals surface area contributed by atoms with Gasteiger partial charge in [0, 0.05) is 31.5 Å². The number of nitrogens with zero attached hydrogens (tertiary/aromatic N) is 3. The van der Waals surface area contributed by atoms with E-state index in [-0.39, 0.29) is 0 Å². The summed E-state index contributed by atoms with van der Waals surface area (Å²) in [5.74, 6) is 0. The summed E-state index contributed by atoms with van der Waals surface area (Å²) in [6, 6.07) is 11.9. The van der Waals surface area contributed by atoms with Gasteiger partial charge in [-0.1, -0.05) is 42.3 Å². The maximum Gasteiger partial charge on any atom is 0.0898 e. The van der Waals surface area contributed by atoms with Crippen molar-refractivity contribution in [2.45, 2.75) is 75.5 Å². The van der Waals surface area contributed by atoms with Crippen LogP contribution >= 0.6 is 0 Å². The van der Waals surface area contributed by atoms with Gasteiger partial charge in [-0.3, -0.25) is 9.58 Å². The second-order valence-electron chi connectivity index (χ2n) is 9.29. The predicted molar refractivity (Wildman–Crippen MR) is 116 cm³/mol. The lowest BCUT2D eigenvalue weighted by atomic mass is 9.77. The molecule has 3 fully saturated rings. The van der Waals surface area contributed by atoms with Gasteiger partial charge in [0.2, 0.25) is 0 Å². The van der Waals surface area contributed by atoms with E-state index >= 15 is 0 Å². The molecule has 2 aliphatic carbocycles. The quantitative estimate of drug-likeness (QED) is 0.804. The van der Waals surface area contributed by atoms with Crippen molar-refractivity contribution in [1.29, 1.82) is 0 Å². The third kappa shape index (κ3) is 4.06. The van der Waals surface area contributed by atoms with Gasteiger partial charge in [0.05, 0.1) is 11.6 Å². The van der Waals surface area contributed by atoms with Gasteiger partial charge in [-0.05, 0) is 68.6 Å². The number of hydrogen-bond donors (Lipinski definition) is 1. The van der Waals surface area contributed by atoms with Crippen LogP contribution in [0, 0.1) is 0 Å². The molecule has 1 saturated heterocycles. The molecule has 1 N–H and O–H groups in total. The highest BCUT2D eigenvalue weighted by molar-refractivity contribution is 5.54. The van der Waals surface area contributed by atoms with Crippen molar-refractivity contribution in [3.05, 3.63) is 59.4 Å². The van der Waals surface area contributed by atoms with Gasteiger partial charge in [-0.2, -0.15) is 5.10 Å². The van der Waals surface area contributed by atoms with Crippen LogP contribution in [-0.4, -0.2) is 38.9 Å². The number of hydrogen-bond acceptors (Lipinski definition) is 3. The van der Waals surface area contributed by atoms with Gasteiger partial charge in [0.15, 0.2) is 0 Å². The molecule has 1 aliphatic heterocycles. The number of rotatable bonds is 4. The second-order valence-corrected chi connectivity index (χ2v) is 9.29. The molecule has 4 nitrogen and oxygen atoms in total. The molecule has 0 unspecified atom stereocenters. The second kappa shape index (κ2) is 8.08. The molecular weight excluding hydrogens is 358 g/mol. The first kappa shape index (κ1) is 19.1. The Bertz CT molecular complexity index is 817. The first-order valence-corrected chi connectivity index (χ1v) is 11.5. The molecular formula is C25H33N3O. The zero-order valence-electron chi connectivity index (χ0n) is 17.3. The Balaban J connectivity index is 1.19. The van der Waals surface area contributed by atoms with Crippen LogP contribution in [-0.2, 0) is 5.60 Å². The number of likely N-dealkylation sites (tertiary alicyclic amines) is 1. The van der Waals surface area contributed by atoms with Crippen molar-refractivity contribution in [2.75, 3.05) is 13.1 Å². The first-order chi connectivity index (χ1) is 14.2. The molecule has 1 aromatic heterocycles. The van der Waals surface area contributed by atoms with E-state index in [1.165, 1.54) is 50.8 Å². The van der Waals surface area contributed by atoms with E-state index in [9.17, 15) is 5.11 Å². The molecule has 0 atom stereocenters. The van der Waals surface area contributed by atoms with Gasteiger partial charge >= 0.3 is 0 Å². The zero-order chi connectivity index (χ0) is 19.7. The molecule has 154 valence electrons. The van der Waals surface area contributed by atoms with Crippen LogP contribution in [0.3, 0.4) is 0 Å². The fraction of sp³-hybridized carbons (Fsp3) is 0.560. The highest BCUT2D eigenvalue weighted by Gasteiger charge is 2.35. The van der Waals surface area contributed by atoms with Crippen molar-refractivity contribution in [1.82, 2.24) is 14.7 Å². The van der Waals surface area contributed by atoms with E-state index in [0.717, 1.165) is 37.3 Å². The fourth-order valence-electron chi connectivity index (χ4n) is 5.33. The van der Waals surface area contributed by atoms with E-state index in [1.807, 2.05) is 23.1 Å². The standard InChI is InChI=1S/C25H33N3O/c29-25(13-9-24(10-14-25)28-16-2-15-26-28)22-7-5-20(6-8-22)19-21-11-17-27(18-12-21)23-3-1-4-23/h2,5-8,15-16,19,23-24,29H,1,3-4,9-14,17-18H2. The predicted octanol–water partition coefficient (Wildman–Crippen LogP) is 4.92. The van der Waals surface area contributed by atoms with E-state index in [2.05, 4.69) is 40.3 Å². The lowest BCUT2D eigenvalue weighted by Gasteiger charge is -2.40. The third-order valence-corrected chi connectivity index (χ3v) is 7.53. The van der Waals surface area contributed by atoms with Gasteiger partial charge in [0.1, 0.15) is 0 Å². The summed E-state index contributed by atoms with van der Waals surface area (Å²) in [5, 5.41) is 15.6. The summed E-state index contributed by atoms with van der Waals surface area (Å²) in [7, 11) is 0. The highest BCUT2D eigenvalue weighted by Crippen LogP contribution is 2.41. The normalized spacial score (nSPS) is 28.9. The summed E-state index contributed by atoms with van der Waals surface area (Å²) in [6.07, 6.45) is 16.4. The Labute approximate surface area is 174 Å². The third-order valence-electron chi connectivity index (χ3n) is 7.53. The van der Waals surface area contributed by atoms with Crippen LogP contribution in [0.15, 0.2) is 48.3 Å². The lowest BCUT2D eigenvalue weighted by molar-refractivity contribution is -0.0136. The van der Waals surface area contributed by atoms with Gasteiger partial charge in [0.25, 0.3) is 0 Å². The maximum absolute atomic E-state index is 11.2. The number of aromatic nitrogens is 2. The smallest absolute Gasteiger partial charge is 0.0898 e. The van der Waals surface area contributed by atoms with Gasteiger partial charge in [-0.25, -0.2) is 0 Å². The molecule has 4 heteroatoms. The van der Waals surface area contributed by atoms with E-state index in [0.29, 0.717) is 6.04 Å². The molecule has 0 bridgehead atoms. The summed E-state index contributed by atoms with van der Waals surface area (Å²) in [4.78, 5) is 2.69. The van der Waals surface area contributed by atoms with Crippen molar-refractivity contribution in [3.8, 4) is 0 Å². The first-order valence-electron chi connectivity index (χ1n) is 11.5. The van der Waals surface area contributed by atoms with Crippen LogP contribution in [0.4, 0.5) is 0 Å².